The molecule has 0 amide bonds. The van der Waals surface area contributed by atoms with Gasteiger partial charge < -0.3 is 15.3 Å². The minimum absolute atomic E-state index is 0.0657. The number of aromatic nitrogens is 5. The first kappa shape index (κ1) is 20.5. The molecule has 4 rings (SSSR count). The summed E-state index contributed by atoms with van der Waals surface area (Å²) < 4.78 is 6.56. The molecule has 8 nitrogen and oxygen atoms in total. The van der Waals surface area contributed by atoms with Gasteiger partial charge in [-0.2, -0.15) is 0 Å². The van der Waals surface area contributed by atoms with Crippen LogP contribution < -0.4 is 14.8 Å². The van der Waals surface area contributed by atoms with Crippen LogP contribution in [0.3, 0.4) is 0 Å². The number of pyridine rings is 1. The molecule has 0 fully saturated rings. The summed E-state index contributed by atoms with van der Waals surface area (Å²) in [6.07, 6.45) is 6.97. The van der Waals surface area contributed by atoms with E-state index in [1.807, 2.05) is 30.3 Å². The van der Waals surface area contributed by atoms with Gasteiger partial charge in [0.05, 0.1) is 6.07 Å². The number of hydrogen-bond donors (Lipinski definition) is 1. The third-order valence-corrected chi connectivity index (χ3v) is 4.87. The van der Waals surface area contributed by atoms with E-state index in [0.717, 1.165) is 22.3 Å². The number of benzene rings is 1. The summed E-state index contributed by atoms with van der Waals surface area (Å²) in [4.78, 5) is 16.8. The standard InChI is InChI=1S/C23H24N6O2/c1-23(2,3)17-9-13-29(30)19(14-17)31-18-6-4-16(5-7-18)8-10-25-21-20-22(28-15-27-21)26-12-11-24-20/h4-7,9,11-15H,8,10H2,1-3H3,(H,25,26,27,28). The van der Waals surface area contributed by atoms with Gasteiger partial charge in [0.2, 0.25) is 0 Å². The fourth-order valence-corrected chi connectivity index (χ4v) is 3.10. The van der Waals surface area contributed by atoms with E-state index in [9.17, 15) is 5.21 Å². The van der Waals surface area contributed by atoms with Gasteiger partial charge >= 0.3 is 5.88 Å². The quantitative estimate of drug-likeness (QED) is 0.377. The van der Waals surface area contributed by atoms with Crippen molar-refractivity contribution in [3.63, 3.8) is 0 Å². The van der Waals surface area contributed by atoms with Gasteiger partial charge in [-0.3, -0.25) is 0 Å². The molecule has 3 aromatic heterocycles. The molecule has 0 atom stereocenters. The molecule has 0 spiro atoms. The van der Waals surface area contributed by atoms with Gasteiger partial charge in [0.15, 0.2) is 17.7 Å². The molecule has 0 saturated heterocycles. The smallest absolute Gasteiger partial charge is 0.385 e. The molecule has 0 saturated carbocycles. The minimum Gasteiger partial charge on any atom is -0.616 e. The van der Waals surface area contributed by atoms with E-state index in [2.05, 4.69) is 46.0 Å². The van der Waals surface area contributed by atoms with Gasteiger partial charge in [0, 0.05) is 25.0 Å². The van der Waals surface area contributed by atoms with Crippen LogP contribution >= 0.6 is 0 Å². The Balaban J connectivity index is 1.39. The zero-order valence-corrected chi connectivity index (χ0v) is 17.7. The number of hydrogen-bond acceptors (Lipinski definition) is 7. The summed E-state index contributed by atoms with van der Waals surface area (Å²) in [5.74, 6) is 1.54. The highest BCUT2D eigenvalue weighted by Crippen LogP contribution is 2.26. The fraction of sp³-hybridized carbons (Fsp3) is 0.261. The Labute approximate surface area is 180 Å². The molecule has 0 aliphatic rings. The molecule has 0 aliphatic heterocycles. The lowest BCUT2D eigenvalue weighted by Gasteiger charge is -2.19. The molecule has 0 unspecified atom stereocenters. The van der Waals surface area contributed by atoms with Crippen LogP contribution in [0.5, 0.6) is 11.6 Å². The van der Waals surface area contributed by atoms with Crippen molar-refractivity contribution in [3.05, 3.63) is 77.7 Å². The monoisotopic (exact) mass is 416 g/mol. The van der Waals surface area contributed by atoms with E-state index in [0.29, 0.717) is 29.3 Å². The Bertz CT molecular complexity index is 1180. The zero-order chi connectivity index (χ0) is 21.8. The number of nitrogens with one attached hydrogen (secondary N) is 1. The fourth-order valence-electron chi connectivity index (χ4n) is 3.10. The average molecular weight is 416 g/mol. The van der Waals surface area contributed by atoms with E-state index in [-0.39, 0.29) is 11.3 Å². The molecule has 31 heavy (non-hydrogen) atoms. The van der Waals surface area contributed by atoms with Crippen molar-refractivity contribution in [2.45, 2.75) is 32.6 Å². The van der Waals surface area contributed by atoms with Crippen LogP contribution in [-0.4, -0.2) is 26.5 Å². The molecule has 1 aromatic carbocycles. The molecule has 3 heterocycles. The Morgan fingerprint density at radius 1 is 1.00 bits per heavy atom. The summed E-state index contributed by atoms with van der Waals surface area (Å²) in [5, 5.41) is 15.4. The first-order chi connectivity index (χ1) is 14.9. The Morgan fingerprint density at radius 2 is 1.77 bits per heavy atom. The second-order valence-electron chi connectivity index (χ2n) is 8.20. The highest BCUT2D eigenvalue weighted by molar-refractivity contribution is 5.81. The van der Waals surface area contributed by atoms with Crippen LogP contribution in [-0.2, 0) is 11.8 Å². The van der Waals surface area contributed by atoms with Gasteiger partial charge in [0.1, 0.15) is 17.6 Å². The molecular formula is C23H24N6O2. The third-order valence-electron chi connectivity index (χ3n) is 4.87. The molecule has 0 radical (unpaired) electrons. The van der Waals surface area contributed by atoms with E-state index < -0.39 is 0 Å². The molecule has 1 N–H and O–H groups in total. The molecule has 8 heteroatoms. The SMILES string of the molecule is CC(C)(C)c1cc[n+]([O-])c(Oc2ccc(CCNc3ncnc4nccnc34)cc2)c1. The number of ether oxygens (including phenoxy) is 1. The van der Waals surface area contributed by atoms with Crippen LogP contribution in [0.4, 0.5) is 5.82 Å². The first-order valence-corrected chi connectivity index (χ1v) is 10.1. The van der Waals surface area contributed by atoms with Gasteiger partial charge in [-0.05, 0) is 35.1 Å². The van der Waals surface area contributed by atoms with Crippen LogP contribution in [0.15, 0.2) is 61.3 Å². The zero-order valence-electron chi connectivity index (χ0n) is 17.7. The maximum atomic E-state index is 12.1. The Hall–Kier alpha value is -3.81. The largest absolute Gasteiger partial charge is 0.616 e. The van der Waals surface area contributed by atoms with Crippen molar-refractivity contribution < 1.29 is 9.47 Å². The van der Waals surface area contributed by atoms with Crippen molar-refractivity contribution in [2.24, 2.45) is 0 Å². The summed E-state index contributed by atoms with van der Waals surface area (Å²) in [5.41, 5.74) is 3.32. The highest BCUT2D eigenvalue weighted by Gasteiger charge is 2.19. The molecule has 0 bridgehead atoms. The van der Waals surface area contributed by atoms with E-state index in [1.165, 1.54) is 12.5 Å². The maximum absolute atomic E-state index is 12.1. The second kappa shape index (κ2) is 8.51. The topological polar surface area (TPSA) is 99.8 Å². The predicted molar refractivity (Wildman–Crippen MR) is 118 cm³/mol. The van der Waals surface area contributed by atoms with Crippen molar-refractivity contribution in [1.82, 2.24) is 19.9 Å². The number of rotatable bonds is 6. The van der Waals surface area contributed by atoms with Crippen molar-refractivity contribution in [3.8, 4) is 11.6 Å². The maximum Gasteiger partial charge on any atom is 0.385 e. The average Bonchev–Trinajstić information content (AvgIpc) is 2.76. The Morgan fingerprint density at radius 3 is 2.55 bits per heavy atom. The van der Waals surface area contributed by atoms with Gasteiger partial charge in [-0.25, -0.2) is 19.9 Å². The number of anilines is 1. The summed E-state index contributed by atoms with van der Waals surface area (Å²) in [6, 6.07) is 11.3. The molecule has 158 valence electrons. The number of fused-ring (bicyclic) bond motifs is 1. The van der Waals surface area contributed by atoms with Crippen LogP contribution in [0, 0.1) is 5.21 Å². The van der Waals surface area contributed by atoms with Crippen molar-refractivity contribution in [1.29, 1.82) is 0 Å². The normalized spacial score (nSPS) is 11.5. The first-order valence-electron chi connectivity index (χ1n) is 10.1. The van der Waals surface area contributed by atoms with Crippen LogP contribution in [0.25, 0.3) is 11.2 Å². The molecule has 4 aromatic rings. The van der Waals surface area contributed by atoms with Crippen molar-refractivity contribution >= 4 is 17.0 Å². The van der Waals surface area contributed by atoms with Crippen molar-refractivity contribution in [2.75, 3.05) is 11.9 Å². The highest BCUT2D eigenvalue weighted by atomic mass is 16.6. The lowest BCUT2D eigenvalue weighted by Crippen LogP contribution is -2.28. The van der Waals surface area contributed by atoms with E-state index >= 15 is 0 Å². The van der Waals surface area contributed by atoms with Crippen LogP contribution in [0.2, 0.25) is 0 Å². The summed E-state index contributed by atoms with van der Waals surface area (Å²) in [6.45, 7) is 6.97. The van der Waals surface area contributed by atoms with E-state index in [1.54, 1.807) is 18.5 Å². The summed E-state index contributed by atoms with van der Waals surface area (Å²) >= 11 is 0. The minimum atomic E-state index is -0.0657. The lowest BCUT2D eigenvalue weighted by atomic mass is 9.88. The van der Waals surface area contributed by atoms with Gasteiger partial charge in [0.25, 0.3) is 0 Å². The van der Waals surface area contributed by atoms with Gasteiger partial charge in [-0.1, -0.05) is 32.9 Å². The van der Waals surface area contributed by atoms with Gasteiger partial charge in [-0.15, -0.1) is 4.73 Å². The second-order valence-corrected chi connectivity index (χ2v) is 8.20. The predicted octanol–water partition coefficient (Wildman–Crippen LogP) is 3.80. The summed E-state index contributed by atoms with van der Waals surface area (Å²) in [7, 11) is 0. The lowest BCUT2D eigenvalue weighted by molar-refractivity contribution is -0.611. The Kier molecular flexibility index (Phi) is 5.62. The molecule has 0 aliphatic carbocycles. The number of nitrogens with zero attached hydrogens (tertiary/aromatic N) is 5. The van der Waals surface area contributed by atoms with Crippen LogP contribution in [0.1, 0.15) is 31.9 Å². The molecular weight excluding hydrogens is 392 g/mol. The third kappa shape index (κ3) is 4.85. The van der Waals surface area contributed by atoms with E-state index in [4.69, 9.17) is 4.74 Å².